The van der Waals surface area contributed by atoms with Gasteiger partial charge >= 0.3 is 6.18 Å². The number of amides is 1. The van der Waals surface area contributed by atoms with E-state index in [9.17, 15) is 22.4 Å². The molecule has 31 heavy (non-hydrogen) atoms. The lowest BCUT2D eigenvalue weighted by molar-refractivity contribution is -0.137. The van der Waals surface area contributed by atoms with Crippen LogP contribution in [0.25, 0.3) is 11.4 Å². The van der Waals surface area contributed by atoms with Crippen molar-refractivity contribution in [1.82, 2.24) is 14.8 Å². The van der Waals surface area contributed by atoms with Gasteiger partial charge in [-0.1, -0.05) is 18.2 Å². The molecule has 2 aromatic carbocycles. The van der Waals surface area contributed by atoms with Gasteiger partial charge in [0.25, 0.3) is 0 Å². The maximum Gasteiger partial charge on any atom is 0.417 e. The van der Waals surface area contributed by atoms with E-state index < -0.39 is 29.1 Å². The molecule has 6 nitrogen and oxygen atoms in total. The van der Waals surface area contributed by atoms with Crippen LogP contribution in [-0.4, -0.2) is 20.7 Å². The van der Waals surface area contributed by atoms with Gasteiger partial charge in [0.05, 0.1) is 5.56 Å². The van der Waals surface area contributed by atoms with Crippen LogP contribution in [0.3, 0.4) is 0 Å². The Labute approximate surface area is 175 Å². The number of carbonyl (C=O) groups is 1. The zero-order valence-corrected chi connectivity index (χ0v) is 17.2. The third-order valence-corrected chi connectivity index (χ3v) is 4.76. The maximum atomic E-state index is 14.6. The highest BCUT2D eigenvalue weighted by Crippen LogP contribution is 2.38. The summed E-state index contributed by atoms with van der Waals surface area (Å²) in [5.74, 6) is -1.55. The Hall–Kier alpha value is -3.43. The fourth-order valence-corrected chi connectivity index (χ4v) is 3.32. The first-order valence-electron chi connectivity index (χ1n) is 9.18. The van der Waals surface area contributed by atoms with Crippen molar-refractivity contribution in [2.75, 3.05) is 0 Å². The molecule has 0 atom stereocenters. The Morgan fingerprint density at radius 3 is 2.35 bits per heavy atom. The molecule has 1 heterocycles. The summed E-state index contributed by atoms with van der Waals surface area (Å²) in [6, 6.07) is 7.37. The third-order valence-electron chi connectivity index (χ3n) is 4.76. The number of aromatic nitrogens is 3. The molecule has 3 aromatic rings. The quantitative estimate of drug-likeness (QED) is 0.603. The standard InChI is InChI=1S/C21H20F4N4O2/c1-11-9-12(17(26)30)10-15(22)16(11)31-20(2,3)19-28-27-18(29(19)4)13-7-5-6-8-14(13)21(23,24)25/h5-10H,1-4H3,(H2,26,30). The second kappa shape index (κ2) is 7.68. The Bertz CT molecular complexity index is 1130. The molecule has 164 valence electrons. The van der Waals surface area contributed by atoms with Gasteiger partial charge in [0, 0.05) is 18.2 Å². The summed E-state index contributed by atoms with van der Waals surface area (Å²) >= 11 is 0. The van der Waals surface area contributed by atoms with E-state index in [4.69, 9.17) is 10.5 Å². The van der Waals surface area contributed by atoms with E-state index in [1.807, 2.05) is 0 Å². The predicted molar refractivity (Wildman–Crippen MR) is 105 cm³/mol. The van der Waals surface area contributed by atoms with Gasteiger partial charge in [-0.15, -0.1) is 10.2 Å². The number of nitrogens with zero attached hydrogens (tertiary/aromatic N) is 3. The first-order chi connectivity index (χ1) is 14.3. The summed E-state index contributed by atoms with van der Waals surface area (Å²) in [6.07, 6.45) is -4.57. The molecular weight excluding hydrogens is 416 g/mol. The zero-order valence-electron chi connectivity index (χ0n) is 17.2. The van der Waals surface area contributed by atoms with E-state index in [0.29, 0.717) is 5.56 Å². The number of primary amides is 1. The number of halogens is 4. The van der Waals surface area contributed by atoms with Gasteiger partial charge in [0.2, 0.25) is 5.91 Å². The number of carbonyl (C=O) groups excluding carboxylic acids is 1. The van der Waals surface area contributed by atoms with Crippen LogP contribution in [0.2, 0.25) is 0 Å². The van der Waals surface area contributed by atoms with Crippen LogP contribution in [0.15, 0.2) is 36.4 Å². The Morgan fingerprint density at radius 2 is 1.77 bits per heavy atom. The number of rotatable bonds is 5. The maximum absolute atomic E-state index is 14.6. The minimum Gasteiger partial charge on any atom is -0.477 e. The molecule has 2 N–H and O–H groups in total. The number of alkyl halides is 3. The number of hydrogen-bond acceptors (Lipinski definition) is 4. The van der Waals surface area contributed by atoms with E-state index in [-0.39, 0.29) is 28.5 Å². The van der Waals surface area contributed by atoms with Crippen molar-refractivity contribution in [2.45, 2.75) is 32.5 Å². The molecular formula is C21H20F4N4O2. The third kappa shape index (κ3) is 4.23. The first-order valence-corrected chi connectivity index (χ1v) is 9.18. The number of benzene rings is 2. The van der Waals surface area contributed by atoms with Gasteiger partial charge in [0.15, 0.2) is 28.8 Å². The normalized spacial score (nSPS) is 12.1. The summed E-state index contributed by atoms with van der Waals surface area (Å²) < 4.78 is 62.0. The second-order valence-corrected chi connectivity index (χ2v) is 7.53. The van der Waals surface area contributed by atoms with E-state index in [1.54, 1.807) is 20.8 Å². The molecule has 0 unspecified atom stereocenters. The lowest BCUT2D eigenvalue weighted by Crippen LogP contribution is -2.30. The van der Waals surface area contributed by atoms with Crippen molar-refractivity contribution in [3.05, 3.63) is 64.7 Å². The van der Waals surface area contributed by atoms with Gasteiger partial charge < -0.3 is 15.0 Å². The predicted octanol–water partition coefficient (Wildman–Crippen LogP) is 4.36. The Morgan fingerprint density at radius 1 is 1.13 bits per heavy atom. The number of aryl methyl sites for hydroxylation is 1. The minimum atomic E-state index is -4.57. The summed E-state index contributed by atoms with van der Waals surface area (Å²) in [6.45, 7) is 4.71. The molecule has 0 fully saturated rings. The van der Waals surface area contributed by atoms with Gasteiger partial charge in [-0.3, -0.25) is 4.79 Å². The molecule has 1 amide bonds. The molecule has 0 saturated carbocycles. The lowest BCUT2D eigenvalue weighted by Gasteiger charge is -2.27. The molecule has 0 saturated heterocycles. The first kappa shape index (κ1) is 22.3. The number of nitrogens with two attached hydrogens (primary N) is 1. The minimum absolute atomic E-state index is 0.00939. The van der Waals surface area contributed by atoms with Crippen LogP contribution < -0.4 is 10.5 Å². The van der Waals surface area contributed by atoms with Crippen molar-refractivity contribution in [2.24, 2.45) is 12.8 Å². The molecule has 1 aromatic heterocycles. The van der Waals surface area contributed by atoms with E-state index in [0.717, 1.165) is 12.1 Å². The largest absolute Gasteiger partial charge is 0.477 e. The van der Waals surface area contributed by atoms with Crippen LogP contribution >= 0.6 is 0 Å². The van der Waals surface area contributed by atoms with Crippen molar-refractivity contribution in [1.29, 1.82) is 0 Å². The van der Waals surface area contributed by atoms with Crippen molar-refractivity contribution >= 4 is 5.91 Å². The summed E-state index contributed by atoms with van der Waals surface area (Å²) in [4.78, 5) is 11.3. The molecule has 0 aliphatic heterocycles. The average molecular weight is 436 g/mol. The molecule has 10 heteroatoms. The lowest BCUT2D eigenvalue weighted by atomic mass is 10.1. The van der Waals surface area contributed by atoms with Crippen LogP contribution in [0.5, 0.6) is 5.75 Å². The average Bonchev–Trinajstić information content (AvgIpc) is 3.06. The highest BCUT2D eigenvalue weighted by atomic mass is 19.4. The van der Waals surface area contributed by atoms with Gasteiger partial charge in [-0.05, 0) is 44.5 Å². The summed E-state index contributed by atoms with van der Waals surface area (Å²) in [5.41, 5.74) is 3.25. The topological polar surface area (TPSA) is 83.0 Å². The fourth-order valence-electron chi connectivity index (χ4n) is 3.32. The molecule has 0 aliphatic carbocycles. The molecule has 0 aliphatic rings. The van der Waals surface area contributed by atoms with Gasteiger partial charge in [0.1, 0.15) is 0 Å². The van der Waals surface area contributed by atoms with Crippen LogP contribution in [0.4, 0.5) is 17.6 Å². The smallest absolute Gasteiger partial charge is 0.417 e. The van der Waals surface area contributed by atoms with Crippen LogP contribution in [0, 0.1) is 12.7 Å². The van der Waals surface area contributed by atoms with Crippen molar-refractivity contribution < 1.29 is 27.1 Å². The summed E-state index contributed by atoms with van der Waals surface area (Å²) in [7, 11) is 1.50. The SMILES string of the molecule is Cc1cc(C(N)=O)cc(F)c1OC(C)(C)c1nnc(-c2ccccc2C(F)(F)F)n1C. The monoisotopic (exact) mass is 436 g/mol. The van der Waals surface area contributed by atoms with Crippen molar-refractivity contribution in [3.8, 4) is 17.1 Å². The molecule has 0 radical (unpaired) electrons. The van der Waals surface area contributed by atoms with Crippen LogP contribution in [-0.2, 0) is 18.8 Å². The van der Waals surface area contributed by atoms with Gasteiger partial charge in [-0.25, -0.2) is 4.39 Å². The van der Waals surface area contributed by atoms with E-state index in [1.165, 1.54) is 35.9 Å². The van der Waals surface area contributed by atoms with Crippen molar-refractivity contribution in [3.63, 3.8) is 0 Å². The molecule has 0 spiro atoms. The summed E-state index contributed by atoms with van der Waals surface area (Å²) in [5, 5.41) is 7.94. The van der Waals surface area contributed by atoms with Crippen LogP contribution in [0.1, 0.15) is 41.2 Å². The highest BCUT2D eigenvalue weighted by molar-refractivity contribution is 5.93. The number of hydrogen-bond donors (Lipinski definition) is 1. The second-order valence-electron chi connectivity index (χ2n) is 7.53. The number of ether oxygens (including phenoxy) is 1. The molecule has 3 rings (SSSR count). The van der Waals surface area contributed by atoms with Gasteiger partial charge in [-0.2, -0.15) is 13.2 Å². The van der Waals surface area contributed by atoms with E-state index >= 15 is 0 Å². The molecule has 0 bridgehead atoms. The highest BCUT2D eigenvalue weighted by Gasteiger charge is 2.36. The fraction of sp³-hybridized carbons (Fsp3) is 0.286. The Kier molecular flexibility index (Phi) is 5.51. The zero-order chi connectivity index (χ0) is 23.1. The van der Waals surface area contributed by atoms with E-state index in [2.05, 4.69) is 10.2 Å². The Balaban J connectivity index is 2.03.